The highest BCUT2D eigenvalue weighted by molar-refractivity contribution is 5.75. The Morgan fingerprint density at radius 3 is 1.77 bits per heavy atom. The van der Waals surface area contributed by atoms with Crippen molar-refractivity contribution in [1.82, 2.24) is 10.6 Å². The lowest BCUT2D eigenvalue weighted by molar-refractivity contribution is -0.121. The van der Waals surface area contributed by atoms with Crippen LogP contribution < -0.4 is 20.1 Å². The fraction of sp³-hybridized carbons (Fsp3) is 0.536. The Morgan fingerprint density at radius 2 is 1.29 bits per heavy atom. The topological polar surface area (TPSA) is 100 Å². The van der Waals surface area contributed by atoms with Gasteiger partial charge in [-0.3, -0.25) is 4.79 Å². The third-order valence-electron chi connectivity index (χ3n) is 5.67. The van der Waals surface area contributed by atoms with Gasteiger partial charge < -0.3 is 30.3 Å². The monoisotopic (exact) mass is 488 g/mol. The molecule has 0 saturated heterocycles. The summed E-state index contributed by atoms with van der Waals surface area (Å²) in [6.07, 6.45) is 3.80. The van der Waals surface area contributed by atoms with Crippen molar-refractivity contribution in [2.24, 2.45) is 0 Å². The summed E-state index contributed by atoms with van der Waals surface area (Å²) < 4.78 is 10.2. The zero-order chi connectivity index (χ0) is 25.9. The molecule has 0 radical (unpaired) electrons. The van der Waals surface area contributed by atoms with E-state index in [1.165, 1.54) is 5.56 Å². The van der Waals surface area contributed by atoms with Crippen LogP contribution in [0.25, 0.3) is 0 Å². The van der Waals surface area contributed by atoms with Gasteiger partial charge in [0.05, 0.1) is 26.4 Å². The first-order valence-corrected chi connectivity index (χ1v) is 12.5. The van der Waals surface area contributed by atoms with E-state index < -0.39 is 0 Å². The highest BCUT2D eigenvalue weighted by Gasteiger charge is 2.06. The van der Waals surface area contributed by atoms with Gasteiger partial charge >= 0.3 is 0 Å². The number of benzene rings is 2. The largest absolute Gasteiger partial charge is 0.497 e. The molecule has 0 aliphatic heterocycles. The van der Waals surface area contributed by atoms with Gasteiger partial charge in [0, 0.05) is 19.5 Å². The van der Waals surface area contributed by atoms with Gasteiger partial charge in [-0.1, -0.05) is 38.1 Å². The molecular weight excluding hydrogens is 444 g/mol. The van der Waals surface area contributed by atoms with Gasteiger partial charge in [0.15, 0.2) is 0 Å². The Morgan fingerprint density at radius 1 is 0.800 bits per heavy atom. The molecule has 0 spiro atoms. The van der Waals surface area contributed by atoms with Crippen LogP contribution in [0.3, 0.4) is 0 Å². The van der Waals surface area contributed by atoms with Crippen molar-refractivity contribution >= 4 is 5.91 Å². The van der Waals surface area contributed by atoms with Crippen molar-refractivity contribution in [3.05, 3.63) is 59.7 Å². The summed E-state index contributed by atoms with van der Waals surface area (Å²) >= 11 is 0. The normalized spacial score (nSPS) is 12.2. The van der Waals surface area contributed by atoms with E-state index >= 15 is 0 Å². The number of nitrogens with one attached hydrogen (secondary N) is 2. The summed E-state index contributed by atoms with van der Waals surface area (Å²) in [4.78, 5) is 11.5. The summed E-state index contributed by atoms with van der Waals surface area (Å²) in [7, 11) is 3.29. The molecule has 0 saturated carbocycles. The van der Waals surface area contributed by atoms with E-state index in [9.17, 15) is 15.0 Å². The van der Waals surface area contributed by atoms with Crippen LogP contribution in [-0.4, -0.2) is 49.1 Å². The van der Waals surface area contributed by atoms with Gasteiger partial charge in [-0.05, 0) is 74.0 Å². The molecule has 0 bridgehead atoms. The van der Waals surface area contributed by atoms with E-state index in [-0.39, 0.29) is 18.1 Å². The molecule has 0 aliphatic rings. The van der Waals surface area contributed by atoms with E-state index in [1.807, 2.05) is 50.2 Å². The standard InChI is InChI=1S/C14H21NO3.C14H23NO2/c1-3-12(16)6-9-14(17)15-10-11-4-7-13(18-2)8-5-11;1-3-13(16)5-4-10-15-11-12-6-8-14(17-2)9-7-12/h4-5,7-8,12,16H,3,6,9-10H2,1-2H3,(H,15,17);6-9,13,15-16H,3-5,10-11H2,1-2H3. The zero-order valence-corrected chi connectivity index (χ0v) is 21.8. The van der Waals surface area contributed by atoms with Gasteiger partial charge in [-0.2, -0.15) is 0 Å². The number of ether oxygens (including phenoxy) is 2. The maximum absolute atomic E-state index is 11.5. The van der Waals surface area contributed by atoms with E-state index in [2.05, 4.69) is 22.8 Å². The predicted octanol–water partition coefficient (Wildman–Crippen LogP) is 4.20. The maximum atomic E-state index is 11.5. The Hall–Kier alpha value is -2.61. The molecule has 7 nitrogen and oxygen atoms in total. The Kier molecular flexibility index (Phi) is 16.2. The van der Waals surface area contributed by atoms with Crippen LogP contribution >= 0.6 is 0 Å². The van der Waals surface area contributed by atoms with Gasteiger partial charge in [-0.15, -0.1) is 0 Å². The number of aliphatic hydroxyl groups excluding tert-OH is 2. The quantitative estimate of drug-likeness (QED) is 0.281. The fourth-order valence-electron chi connectivity index (χ4n) is 3.18. The van der Waals surface area contributed by atoms with Crippen LogP contribution in [0, 0.1) is 0 Å². The number of amides is 1. The van der Waals surface area contributed by atoms with E-state index in [0.29, 0.717) is 25.8 Å². The molecule has 4 N–H and O–H groups in total. The Balaban J connectivity index is 0.000000351. The summed E-state index contributed by atoms with van der Waals surface area (Å²) in [6.45, 7) is 6.23. The zero-order valence-electron chi connectivity index (χ0n) is 21.8. The number of carbonyl (C=O) groups is 1. The molecule has 1 amide bonds. The number of methoxy groups -OCH3 is 2. The number of carbonyl (C=O) groups excluding carboxylic acids is 1. The number of aliphatic hydroxyl groups is 2. The highest BCUT2D eigenvalue weighted by Crippen LogP contribution is 2.12. The summed E-state index contributed by atoms with van der Waals surface area (Å²) in [5.41, 5.74) is 2.28. The number of hydrogen-bond acceptors (Lipinski definition) is 6. The van der Waals surface area contributed by atoms with Gasteiger partial charge in [0.25, 0.3) is 0 Å². The first-order valence-electron chi connectivity index (χ1n) is 12.5. The molecule has 2 atom stereocenters. The molecule has 7 heteroatoms. The van der Waals surface area contributed by atoms with Crippen LogP contribution in [0.1, 0.15) is 63.5 Å². The van der Waals surface area contributed by atoms with E-state index in [0.717, 1.165) is 49.4 Å². The van der Waals surface area contributed by atoms with Gasteiger partial charge in [0.1, 0.15) is 11.5 Å². The summed E-state index contributed by atoms with van der Waals surface area (Å²) in [5.74, 6) is 1.66. The number of rotatable bonds is 15. The van der Waals surface area contributed by atoms with Crippen molar-refractivity contribution in [2.75, 3.05) is 20.8 Å². The molecule has 2 aromatic carbocycles. The molecule has 0 aliphatic carbocycles. The molecule has 196 valence electrons. The van der Waals surface area contributed by atoms with E-state index in [1.54, 1.807) is 14.2 Å². The second-order valence-electron chi connectivity index (χ2n) is 8.45. The molecule has 2 rings (SSSR count). The Labute approximate surface area is 210 Å². The molecular formula is C28H44N2O5. The minimum Gasteiger partial charge on any atom is -0.497 e. The molecule has 0 heterocycles. The maximum Gasteiger partial charge on any atom is 0.220 e. The molecule has 0 fully saturated rings. The van der Waals surface area contributed by atoms with Crippen molar-refractivity contribution in [3.63, 3.8) is 0 Å². The molecule has 0 aromatic heterocycles. The first-order chi connectivity index (χ1) is 16.9. The highest BCUT2D eigenvalue weighted by atomic mass is 16.5. The predicted molar refractivity (Wildman–Crippen MR) is 141 cm³/mol. The Bertz CT molecular complexity index is 796. The lowest BCUT2D eigenvalue weighted by Gasteiger charge is -2.08. The smallest absolute Gasteiger partial charge is 0.220 e. The van der Waals surface area contributed by atoms with Crippen LogP contribution in [0.5, 0.6) is 11.5 Å². The average Bonchev–Trinajstić information content (AvgIpc) is 2.91. The minimum atomic E-state index is -0.378. The van der Waals surface area contributed by atoms with Crippen molar-refractivity contribution in [3.8, 4) is 11.5 Å². The minimum absolute atomic E-state index is 0.0293. The first kappa shape index (κ1) is 30.4. The SMILES string of the molecule is CCC(O)CCC(=O)NCc1ccc(OC)cc1.CCC(O)CCCNCc1ccc(OC)cc1. The van der Waals surface area contributed by atoms with Crippen LogP contribution in [0.2, 0.25) is 0 Å². The average molecular weight is 489 g/mol. The van der Waals surface area contributed by atoms with Crippen molar-refractivity contribution in [2.45, 2.75) is 77.7 Å². The lowest BCUT2D eigenvalue weighted by Crippen LogP contribution is -2.23. The lowest BCUT2D eigenvalue weighted by atomic mass is 10.1. The third-order valence-corrected chi connectivity index (χ3v) is 5.67. The summed E-state index contributed by atoms with van der Waals surface area (Å²) in [5, 5.41) is 24.9. The van der Waals surface area contributed by atoms with E-state index in [4.69, 9.17) is 9.47 Å². The second kappa shape index (κ2) is 18.7. The van der Waals surface area contributed by atoms with Crippen LogP contribution in [0.15, 0.2) is 48.5 Å². The molecule has 2 unspecified atom stereocenters. The van der Waals surface area contributed by atoms with Crippen LogP contribution in [0.4, 0.5) is 0 Å². The van der Waals surface area contributed by atoms with Gasteiger partial charge in [0.2, 0.25) is 5.91 Å². The molecule has 35 heavy (non-hydrogen) atoms. The second-order valence-corrected chi connectivity index (χ2v) is 8.45. The van der Waals surface area contributed by atoms with Gasteiger partial charge in [-0.25, -0.2) is 0 Å². The number of hydrogen-bond donors (Lipinski definition) is 4. The summed E-state index contributed by atoms with van der Waals surface area (Å²) in [6, 6.07) is 15.6. The van der Waals surface area contributed by atoms with Crippen molar-refractivity contribution in [1.29, 1.82) is 0 Å². The molecule has 2 aromatic rings. The third kappa shape index (κ3) is 14.4. The van der Waals surface area contributed by atoms with Crippen LogP contribution in [-0.2, 0) is 17.9 Å². The fourth-order valence-corrected chi connectivity index (χ4v) is 3.18. The van der Waals surface area contributed by atoms with Crippen molar-refractivity contribution < 1.29 is 24.5 Å².